The van der Waals surface area contributed by atoms with Gasteiger partial charge >= 0.3 is 0 Å². The van der Waals surface area contributed by atoms with Gasteiger partial charge in [0.15, 0.2) is 0 Å². The van der Waals surface area contributed by atoms with Crippen molar-refractivity contribution in [1.29, 1.82) is 0 Å². The van der Waals surface area contributed by atoms with Gasteiger partial charge in [0.1, 0.15) is 0 Å². The molecule has 32 heavy (non-hydrogen) atoms. The van der Waals surface area contributed by atoms with E-state index in [1.807, 2.05) is 30.9 Å². The first-order valence-corrected chi connectivity index (χ1v) is 12.0. The first-order valence-electron chi connectivity index (χ1n) is 11.0. The largest absolute Gasteiger partial charge is 0.353 e. The maximum Gasteiger partial charge on any atom is 0.228 e. The van der Waals surface area contributed by atoms with E-state index in [4.69, 9.17) is 0 Å². The van der Waals surface area contributed by atoms with Crippen LogP contribution in [-0.4, -0.2) is 40.8 Å². The summed E-state index contributed by atoms with van der Waals surface area (Å²) in [4.78, 5) is 32.2. The smallest absolute Gasteiger partial charge is 0.228 e. The van der Waals surface area contributed by atoms with Crippen molar-refractivity contribution in [2.75, 3.05) is 13.1 Å². The Bertz CT molecular complexity index is 1050. The van der Waals surface area contributed by atoms with Crippen LogP contribution in [-0.2, 0) is 22.4 Å². The van der Waals surface area contributed by atoms with Crippen LogP contribution in [0.4, 0.5) is 0 Å². The van der Waals surface area contributed by atoms with Gasteiger partial charge in [-0.15, -0.1) is 0 Å². The molecule has 2 amide bonds. The molecule has 1 aliphatic heterocycles. The van der Waals surface area contributed by atoms with Crippen molar-refractivity contribution in [3.63, 3.8) is 0 Å². The average molecular weight is 448 g/mol. The summed E-state index contributed by atoms with van der Waals surface area (Å²) in [5, 5.41) is 7.31. The van der Waals surface area contributed by atoms with E-state index in [0.717, 1.165) is 11.1 Å². The van der Waals surface area contributed by atoms with Crippen LogP contribution in [0.1, 0.15) is 31.4 Å². The average Bonchev–Trinajstić information content (AvgIpc) is 3.46. The highest BCUT2D eigenvalue weighted by Gasteiger charge is 2.46. The van der Waals surface area contributed by atoms with E-state index in [2.05, 4.69) is 51.4 Å². The summed E-state index contributed by atoms with van der Waals surface area (Å²) in [5.74, 6) is 0.0797. The Balaban J connectivity index is 1.51. The van der Waals surface area contributed by atoms with Gasteiger partial charge in [-0.2, -0.15) is 11.3 Å². The second-order valence-electron chi connectivity index (χ2n) is 8.90. The van der Waals surface area contributed by atoms with Crippen molar-refractivity contribution in [2.24, 2.45) is 5.41 Å². The monoisotopic (exact) mass is 447 g/mol. The summed E-state index contributed by atoms with van der Waals surface area (Å²) in [6.45, 7) is 4.98. The summed E-state index contributed by atoms with van der Waals surface area (Å²) < 4.78 is 0. The van der Waals surface area contributed by atoms with E-state index in [9.17, 15) is 9.59 Å². The standard InChI is InChI=1S/C26H29N3O2S/c1-19(2)28-25(31)26(15-20-5-7-22(8-6-20)23-9-13-32-17-23)10-12-29(18-26)24(30)14-21-4-3-11-27-16-21/h3-9,11,13,16-17,19H,10,12,14-15,18H2,1-2H3,(H,28,31). The number of nitrogens with zero attached hydrogens (tertiary/aromatic N) is 2. The number of thiophene rings is 1. The van der Waals surface area contributed by atoms with Gasteiger partial charge in [-0.25, -0.2) is 0 Å². The second-order valence-corrected chi connectivity index (χ2v) is 9.68. The van der Waals surface area contributed by atoms with Crippen LogP contribution in [0.5, 0.6) is 0 Å². The van der Waals surface area contributed by atoms with Crippen molar-refractivity contribution in [3.8, 4) is 11.1 Å². The third kappa shape index (κ3) is 5.07. The molecular weight excluding hydrogens is 418 g/mol. The van der Waals surface area contributed by atoms with Crippen LogP contribution in [0, 0.1) is 5.41 Å². The Morgan fingerprint density at radius 1 is 1.12 bits per heavy atom. The van der Waals surface area contributed by atoms with Crippen molar-refractivity contribution < 1.29 is 9.59 Å². The minimum absolute atomic E-state index is 0.0334. The topological polar surface area (TPSA) is 62.3 Å². The molecule has 166 valence electrons. The van der Waals surface area contributed by atoms with E-state index in [0.29, 0.717) is 32.4 Å². The van der Waals surface area contributed by atoms with Gasteiger partial charge in [0.2, 0.25) is 11.8 Å². The lowest BCUT2D eigenvalue weighted by Gasteiger charge is -2.29. The Morgan fingerprint density at radius 2 is 1.94 bits per heavy atom. The van der Waals surface area contributed by atoms with Crippen molar-refractivity contribution in [2.45, 2.75) is 39.2 Å². The molecule has 1 N–H and O–H groups in total. The summed E-state index contributed by atoms with van der Waals surface area (Å²) >= 11 is 1.68. The van der Waals surface area contributed by atoms with E-state index < -0.39 is 5.41 Å². The van der Waals surface area contributed by atoms with Crippen molar-refractivity contribution >= 4 is 23.2 Å². The van der Waals surface area contributed by atoms with Crippen LogP contribution in [0.2, 0.25) is 0 Å². The number of hydrogen-bond donors (Lipinski definition) is 1. The fraction of sp³-hybridized carbons (Fsp3) is 0.346. The van der Waals surface area contributed by atoms with Gasteiger partial charge in [0, 0.05) is 31.5 Å². The molecule has 0 spiro atoms. The highest BCUT2D eigenvalue weighted by atomic mass is 32.1. The van der Waals surface area contributed by atoms with Gasteiger partial charge in [0.05, 0.1) is 11.8 Å². The first kappa shape index (κ1) is 22.2. The number of carbonyl (C=O) groups excluding carboxylic acids is 2. The van der Waals surface area contributed by atoms with Crippen LogP contribution in [0.15, 0.2) is 65.6 Å². The molecule has 0 bridgehead atoms. The summed E-state index contributed by atoms with van der Waals surface area (Å²) in [7, 11) is 0. The number of aromatic nitrogens is 1. The van der Waals surface area contributed by atoms with Gasteiger partial charge in [-0.1, -0.05) is 30.3 Å². The molecule has 3 heterocycles. The minimum atomic E-state index is -0.612. The molecule has 1 fully saturated rings. The molecule has 1 aromatic carbocycles. The molecule has 1 saturated heterocycles. The van der Waals surface area contributed by atoms with Gasteiger partial charge in [-0.3, -0.25) is 14.6 Å². The third-order valence-electron chi connectivity index (χ3n) is 6.04. The molecule has 2 aromatic heterocycles. The van der Waals surface area contributed by atoms with Crippen LogP contribution in [0.25, 0.3) is 11.1 Å². The Hall–Kier alpha value is -2.99. The highest BCUT2D eigenvalue weighted by Crippen LogP contribution is 2.36. The molecule has 0 radical (unpaired) electrons. The lowest BCUT2D eigenvalue weighted by molar-refractivity contribution is -0.133. The summed E-state index contributed by atoms with van der Waals surface area (Å²) in [5.41, 5.74) is 3.78. The number of hydrogen-bond acceptors (Lipinski definition) is 4. The molecule has 5 nitrogen and oxygen atoms in total. The number of carbonyl (C=O) groups is 2. The number of pyridine rings is 1. The van der Waals surface area contributed by atoms with E-state index in [1.54, 1.807) is 23.7 Å². The molecule has 3 aromatic rings. The Kier molecular flexibility index (Phi) is 6.70. The third-order valence-corrected chi connectivity index (χ3v) is 6.72. The summed E-state index contributed by atoms with van der Waals surface area (Å²) in [6, 6.07) is 14.4. The molecule has 1 unspecified atom stereocenters. The lowest BCUT2D eigenvalue weighted by Crippen LogP contribution is -2.47. The zero-order valence-electron chi connectivity index (χ0n) is 18.6. The van der Waals surface area contributed by atoms with Crippen molar-refractivity contribution in [3.05, 3.63) is 76.7 Å². The molecule has 0 aliphatic carbocycles. The fourth-order valence-corrected chi connectivity index (χ4v) is 5.00. The minimum Gasteiger partial charge on any atom is -0.353 e. The Labute approximate surface area is 193 Å². The number of nitrogens with one attached hydrogen (secondary N) is 1. The van der Waals surface area contributed by atoms with Crippen LogP contribution >= 0.6 is 11.3 Å². The van der Waals surface area contributed by atoms with Crippen LogP contribution in [0.3, 0.4) is 0 Å². The number of benzene rings is 1. The first-order chi connectivity index (χ1) is 15.4. The van der Waals surface area contributed by atoms with Gasteiger partial charge in [-0.05, 0) is 71.8 Å². The maximum atomic E-state index is 13.3. The van der Waals surface area contributed by atoms with Gasteiger partial charge < -0.3 is 10.2 Å². The highest BCUT2D eigenvalue weighted by molar-refractivity contribution is 7.08. The Morgan fingerprint density at radius 3 is 2.59 bits per heavy atom. The fourth-order valence-electron chi connectivity index (χ4n) is 4.33. The molecule has 1 atom stereocenters. The number of likely N-dealkylation sites (tertiary alicyclic amines) is 1. The molecular formula is C26H29N3O2S. The normalized spacial score (nSPS) is 18.2. The van der Waals surface area contributed by atoms with Crippen LogP contribution < -0.4 is 5.32 Å². The molecule has 1 aliphatic rings. The predicted octanol–water partition coefficient (Wildman–Crippen LogP) is 4.34. The number of rotatable bonds is 7. The summed E-state index contributed by atoms with van der Waals surface area (Å²) in [6.07, 6.45) is 5.02. The van der Waals surface area contributed by atoms with E-state index in [-0.39, 0.29) is 17.9 Å². The molecule has 6 heteroatoms. The predicted molar refractivity (Wildman–Crippen MR) is 128 cm³/mol. The van der Waals surface area contributed by atoms with E-state index >= 15 is 0 Å². The quantitative estimate of drug-likeness (QED) is 0.586. The molecule has 4 rings (SSSR count). The SMILES string of the molecule is CC(C)NC(=O)C1(Cc2ccc(-c3ccsc3)cc2)CCN(C(=O)Cc2cccnc2)C1. The maximum absolute atomic E-state index is 13.3. The lowest BCUT2D eigenvalue weighted by atomic mass is 9.79. The molecule has 0 saturated carbocycles. The zero-order chi connectivity index (χ0) is 22.6. The van der Waals surface area contributed by atoms with Crippen molar-refractivity contribution in [1.82, 2.24) is 15.2 Å². The zero-order valence-corrected chi connectivity index (χ0v) is 19.4. The second kappa shape index (κ2) is 9.65. The van der Waals surface area contributed by atoms with Gasteiger partial charge in [0.25, 0.3) is 0 Å². The van der Waals surface area contributed by atoms with E-state index in [1.165, 1.54) is 11.1 Å². The number of amides is 2.